The van der Waals surface area contributed by atoms with Gasteiger partial charge in [-0.3, -0.25) is 13.8 Å². The first kappa shape index (κ1) is 21.4. The number of likely N-dealkylation sites (tertiary alicyclic amines) is 1. The second-order valence-corrected chi connectivity index (χ2v) is 10.6. The van der Waals surface area contributed by atoms with Crippen LogP contribution >= 0.6 is 0 Å². The number of hydrogen-bond acceptors (Lipinski definition) is 6. The van der Waals surface area contributed by atoms with E-state index in [1.165, 1.54) is 17.2 Å². The summed E-state index contributed by atoms with van der Waals surface area (Å²) in [4.78, 5) is 28.0. The average molecular weight is 460 g/mol. The lowest BCUT2D eigenvalue weighted by Gasteiger charge is -2.23. The summed E-state index contributed by atoms with van der Waals surface area (Å²) in [5.41, 5.74) is 1.12. The van der Waals surface area contributed by atoms with Crippen molar-refractivity contribution < 1.29 is 22.2 Å². The van der Waals surface area contributed by atoms with Crippen LogP contribution in [0.1, 0.15) is 12.0 Å². The highest BCUT2D eigenvalue weighted by Crippen LogP contribution is 2.33. The summed E-state index contributed by atoms with van der Waals surface area (Å²) in [6.07, 6.45) is 1.77. The second kappa shape index (κ2) is 8.35. The first-order chi connectivity index (χ1) is 14.8. The highest BCUT2D eigenvalue weighted by Gasteiger charge is 2.50. The maximum Gasteiger partial charge on any atom is 0.286 e. The van der Waals surface area contributed by atoms with Crippen molar-refractivity contribution >= 4 is 44.0 Å². The van der Waals surface area contributed by atoms with E-state index >= 15 is 0 Å². The molecule has 0 saturated carbocycles. The average Bonchev–Trinajstić information content (AvgIpc) is 2.96. The Morgan fingerprint density at radius 3 is 2.45 bits per heavy atom. The Morgan fingerprint density at radius 2 is 1.74 bits per heavy atom. The second-order valence-electron chi connectivity index (χ2n) is 7.44. The highest BCUT2D eigenvalue weighted by molar-refractivity contribution is 7.90. The maximum absolute atomic E-state index is 13.3. The van der Waals surface area contributed by atoms with Crippen LogP contribution in [0.5, 0.6) is 0 Å². The smallest absolute Gasteiger partial charge is 0.286 e. The molecule has 0 aromatic heterocycles. The molecule has 0 spiro atoms. The summed E-state index contributed by atoms with van der Waals surface area (Å²) >= 11 is 0. The highest BCUT2D eigenvalue weighted by atomic mass is 32.2. The van der Waals surface area contributed by atoms with Gasteiger partial charge in [-0.2, -0.15) is 8.42 Å². The van der Waals surface area contributed by atoms with Gasteiger partial charge in [0.15, 0.2) is 11.7 Å². The Kier molecular flexibility index (Phi) is 5.76. The molecule has 31 heavy (non-hydrogen) atoms. The molecule has 1 N–H and O–H groups in total. The van der Waals surface area contributed by atoms with E-state index in [-0.39, 0.29) is 35.1 Å². The summed E-state index contributed by atoms with van der Waals surface area (Å²) in [5.74, 6) is -2.23. The number of carbonyl (C=O) groups excluding carboxylic acids is 2. The van der Waals surface area contributed by atoms with Crippen LogP contribution in [0.4, 0.5) is 5.69 Å². The van der Waals surface area contributed by atoms with Gasteiger partial charge in [-0.15, -0.1) is 4.40 Å². The van der Waals surface area contributed by atoms with Gasteiger partial charge >= 0.3 is 0 Å². The molecule has 1 saturated heterocycles. The van der Waals surface area contributed by atoms with Crippen LogP contribution in [0.3, 0.4) is 0 Å². The molecule has 2 heterocycles. The van der Waals surface area contributed by atoms with Crippen LogP contribution in [-0.2, 0) is 37.0 Å². The topological polar surface area (TPSA) is 113 Å². The number of Topliss-reactive ketones (excluding diaryl/α,β-unsaturated/α-hetero) is 1. The lowest BCUT2D eigenvalue weighted by Crippen LogP contribution is -2.37. The molecular weight excluding hydrogens is 438 g/mol. The molecule has 2 aromatic rings. The number of nitrogens with one attached hydrogen (secondary N) is 1. The lowest BCUT2D eigenvalue weighted by molar-refractivity contribution is -0.131. The molecule has 0 aliphatic carbocycles. The number of rotatable bonds is 6. The quantitative estimate of drug-likeness (QED) is 0.656. The van der Waals surface area contributed by atoms with Crippen LogP contribution in [-0.4, -0.2) is 53.1 Å². The third kappa shape index (κ3) is 4.17. The number of hydrogen-bond donors (Lipinski definition) is 1. The van der Waals surface area contributed by atoms with Crippen molar-refractivity contribution in [1.82, 2.24) is 4.90 Å². The fourth-order valence-electron chi connectivity index (χ4n) is 3.84. The molecule has 2 unspecified atom stereocenters. The first-order valence-corrected chi connectivity index (χ1v) is 12.8. The van der Waals surface area contributed by atoms with Crippen molar-refractivity contribution in [2.24, 2.45) is 10.3 Å². The molecule has 162 valence electrons. The number of amidine groups is 1. The number of nitrogens with zero attached hydrogens (tertiary/aromatic N) is 2. The van der Waals surface area contributed by atoms with Crippen molar-refractivity contribution in [1.29, 1.82) is 0 Å². The van der Waals surface area contributed by atoms with Gasteiger partial charge in [-0.1, -0.05) is 42.5 Å². The predicted octanol–water partition coefficient (Wildman–Crippen LogP) is 1.56. The van der Waals surface area contributed by atoms with Crippen LogP contribution in [0.15, 0.2) is 63.9 Å². The van der Waals surface area contributed by atoms with Crippen molar-refractivity contribution in [3.8, 4) is 0 Å². The lowest BCUT2D eigenvalue weighted by atomic mass is 10.0. The number of amides is 1. The standard InChI is InChI=1S/C21H21N3O5S2/c1-30(27)12-11-16-19(25)18(21(26)24(16)13-14-7-3-2-4-8-14)20-22-15-9-5-6-10-17(15)31(28,29)23-20/h2-10,16,18H,11-13H2,1H3,(H,22,23)/t16-,18?,30?/m0/s1. The molecule has 8 nitrogen and oxygen atoms in total. The fourth-order valence-corrected chi connectivity index (χ4v) is 5.55. The third-order valence-corrected chi connectivity index (χ3v) is 7.47. The Hall–Kier alpha value is -2.85. The number of ketones is 1. The largest absolute Gasteiger partial charge is 0.341 e. The van der Waals surface area contributed by atoms with Gasteiger partial charge in [0.25, 0.3) is 10.0 Å². The van der Waals surface area contributed by atoms with E-state index in [1.807, 2.05) is 30.3 Å². The minimum atomic E-state index is -4.04. The molecule has 2 aliphatic heterocycles. The number of sulfonamides is 1. The Bertz CT molecular complexity index is 1190. The predicted molar refractivity (Wildman–Crippen MR) is 118 cm³/mol. The Labute approximate surface area is 182 Å². The fraction of sp³-hybridized carbons (Fsp3) is 0.286. The number of anilines is 1. The number of para-hydroxylation sites is 1. The summed E-state index contributed by atoms with van der Waals surface area (Å²) in [5, 5.41) is 2.87. The van der Waals surface area contributed by atoms with Crippen molar-refractivity contribution in [3.05, 3.63) is 60.2 Å². The summed E-state index contributed by atoms with van der Waals surface area (Å²) < 4.78 is 40.6. The monoisotopic (exact) mass is 459 g/mol. The van der Waals surface area contributed by atoms with Crippen LogP contribution in [0.25, 0.3) is 0 Å². The van der Waals surface area contributed by atoms with Crippen LogP contribution in [0, 0.1) is 5.92 Å². The molecule has 10 heteroatoms. The molecule has 4 rings (SSSR count). The zero-order chi connectivity index (χ0) is 22.2. The van der Waals surface area contributed by atoms with E-state index in [0.29, 0.717) is 0 Å². The van der Waals surface area contributed by atoms with E-state index in [9.17, 15) is 22.2 Å². The third-order valence-electron chi connectivity index (χ3n) is 5.31. The number of carbonyl (C=O) groups is 2. The maximum atomic E-state index is 13.3. The van der Waals surface area contributed by atoms with Crippen LogP contribution in [0.2, 0.25) is 0 Å². The molecule has 0 bridgehead atoms. The van der Waals surface area contributed by atoms with E-state index in [1.54, 1.807) is 18.2 Å². The van der Waals surface area contributed by atoms with Gasteiger partial charge in [-0.25, -0.2) is 0 Å². The van der Waals surface area contributed by atoms with E-state index in [0.717, 1.165) is 5.56 Å². The van der Waals surface area contributed by atoms with E-state index < -0.39 is 44.5 Å². The molecule has 3 atom stereocenters. The van der Waals surface area contributed by atoms with Gasteiger partial charge in [-0.05, 0) is 24.1 Å². The zero-order valence-corrected chi connectivity index (χ0v) is 18.4. The van der Waals surface area contributed by atoms with Gasteiger partial charge < -0.3 is 10.2 Å². The molecule has 2 aliphatic rings. The summed E-state index contributed by atoms with van der Waals surface area (Å²) in [7, 11) is -5.18. The first-order valence-electron chi connectivity index (χ1n) is 9.67. The molecule has 0 radical (unpaired) electrons. The minimum Gasteiger partial charge on any atom is -0.341 e. The van der Waals surface area contributed by atoms with Crippen molar-refractivity contribution in [2.45, 2.75) is 23.9 Å². The normalized spacial score (nSPS) is 23.1. The van der Waals surface area contributed by atoms with Gasteiger partial charge in [0.1, 0.15) is 10.7 Å². The van der Waals surface area contributed by atoms with Crippen molar-refractivity contribution in [2.75, 3.05) is 17.3 Å². The summed E-state index contributed by atoms with van der Waals surface area (Å²) in [6, 6.07) is 14.6. The van der Waals surface area contributed by atoms with Crippen LogP contribution < -0.4 is 5.32 Å². The van der Waals surface area contributed by atoms with Gasteiger partial charge in [0, 0.05) is 29.4 Å². The van der Waals surface area contributed by atoms with Gasteiger partial charge in [0.2, 0.25) is 5.91 Å². The van der Waals surface area contributed by atoms with Gasteiger partial charge in [0.05, 0.1) is 11.7 Å². The van der Waals surface area contributed by atoms with E-state index in [4.69, 9.17) is 0 Å². The Morgan fingerprint density at radius 1 is 1.06 bits per heavy atom. The van der Waals surface area contributed by atoms with E-state index in [2.05, 4.69) is 9.71 Å². The summed E-state index contributed by atoms with van der Waals surface area (Å²) in [6.45, 7) is 0.194. The molecule has 1 amide bonds. The number of fused-ring (bicyclic) bond motifs is 1. The number of benzene rings is 2. The Balaban J connectivity index is 1.70. The van der Waals surface area contributed by atoms with Crippen molar-refractivity contribution in [3.63, 3.8) is 0 Å². The minimum absolute atomic E-state index is 0.00397. The molecule has 1 fully saturated rings. The zero-order valence-electron chi connectivity index (χ0n) is 16.7. The SMILES string of the molecule is CS(=O)CC[C@H]1C(=O)C(C2=NS(=O)(=O)c3ccccc3N2)C(=O)N1Cc1ccccc1. The molecular formula is C21H21N3O5S2. The molecule has 2 aromatic carbocycles.